The van der Waals surface area contributed by atoms with Crippen molar-refractivity contribution in [3.63, 3.8) is 0 Å². The standard InChI is InChI=1S/C11H22NPS2/c1-8(2)12-11-4-9-3-10(5-11)7-15-13-14-6-9/h8-13H,3-7H2,1-2H3. The van der Waals surface area contributed by atoms with Crippen LogP contribution in [0.15, 0.2) is 0 Å². The number of rotatable bonds is 2. The van der Waals surface area contributed by atoms with Crippen LogP contribution in [0.5, 0.6) is 0 Å². The molecular weight excluding hydrogens is 241 g/mol. The van der Waals surface area contributed by atoms with Crippen molar-refractivity contribution < 1.29 is 0 Å². The van der Waals surface area contributed by atoms with E-state index in [0.29, 0.717) is 6.04 Å². The summed E-state index contributed by atoms with van der Waals surface area (Å²) in [7, 11) is 0. The monoisotopic (exact) mass is 263 g/mol. The van der Waals surface area contributed by atoms with Gasteiger partial charge in [0.1, 0.15) is 0 Å². The first kappa shape index (κ1) is 12.5. The Morgan fingerprint density at radius 2 is 1.67 bits per heavy atom. The van der Waals surface area contributed by atoms with Crippen LogP contribution < -0.4 is 5.32 Å². The summed E-state index contributed by atoms with van der Waals surface area (Å²) in [5.74, 6) is 4.83. The number of hydrogen-bond donors (Lipinski definition) is 1. The third-order valence-electron chi connectivity index (χ3n) is 3.23. The Kier molecular flexibility index (Phi) is 5.13. The lowest BCUT2D eigenvalue weighted by Gasteiger charge is -2.37. The molecule has 0 aromatic carbocycles. The molecular formula is C11H22NPS2. The summed E-state index contributed by atoms with van der Waals surface area (Å²) < 4.78 is 0. The molecule has 1 N–H and O–H groups in total. The highest BCUT2D eigenvalue weighted by Crippen LogP contribution is 2.49. The van der Waals surface area contributed by atoms with Crippen molar-refractivity contribution in [2.24, 2.45) is 11.8 Å². The topological polar surface area (TPSA) is 12.0 Å². The molecule has 2 bridgehead atoms. The summed E-state index contributed by atoms with van der Waals surface area (Å²) in [5.41, 5.74) is 0. The zero-order valence-corrected chi connectivity index (χ0v) is 12.3. The molecule has 1 saturated heterocycles. The number of fused-ring (bicyclic) bond motifs is 2. The van der Waals surface area contributed by atoms with E-state index in [1.165, 1.54) is 30.8 Å². The van der Waals surface area contributed by atoms with Crippen LogP contribution in [0.25, 0.3) is 0 Å². The van der Waals surface area contributed by atoms with Crippen molar-refractivity contribution in [2.75, 3.05) is 11.5 Å². The third kappa shape index (κ3) is 4.11. The average Bonchev–Trinajstić information content (AvgIpc) is 2.13. The van der Waals surface area contributed by atoms with Crippen LogP contribution >= 0.6 is 29.7 Å². The Morgan fingerprint density at radius 3 is 2.20 bits per heavy atom. The molecule has 0 aromatic heterocycles. The van der Waals surface area contributed by atoms with E-state index in [-0.39, 0.29) is 0 Å². The SMILES string of the molecule is CC(C)NC1CC2CSPSCC(C2)C1. The highest BCUT2D eigenvalue weighted by Gasteiger charge is 2.30. The Hall–Kier alpha value is 1.09. The molecule has 0 spiro atoms. The highest BCUT2D eigenvalue weighted by atomic mass is 33.1. The molecule has 0 radical (unpaired) electrons. The van der Waals surface area contributed by atoms with Crippen LogP contribution in [0, 0.1) is 11.8 Å². The van der Waals surface area contributed by atoms with Gasteiger partial charge in [-0.05, 0) is 38.1 Å². The van der Waals surface area contributed by atoms with Crippen molar-refractivity contribution in [1.82, 2.24) is 5.32 Å². The van der Waals surface area contributed by atoms with Crippen molar-refractivity contribution in [2.45, 2.75) is 45.2 Å². The molecule has 1 saturated carbocycles. The maximum absolute atomic E-state index is 3.74. The number of hydrogen-bond acceptors (Lipinski definition) is 3. The van der Waals surface area contributed by atoms with E-state index >= 15 is 0 Å². The third-order valence-corrected chi connectivity index (χ3v) is 8.57. The zero-order valence-electron chi connectivity index (χ0n) is 9.66. The van der Waals surface area contributed by atoms with Gasteiger partial charge in [0.05, 0.1) is 0 Å². The molecule has 2 fully saturated rings. The van der Waals surface area contributed by atoms with Crippen LogP contribution in [-0.4, -0.2) is 23.6 Å². The fourth-order valence-corrected chi connectivity index (χ4v) is 8.07. The van der Waals surface area contributed by atoms with E-state index in [2.05, 4.69) is 41.9 Å². The number of nitrogens with one attached hydrogen (secondary N) is 1. The van der Waals surface area contributed by atoms with Gasteiger partial charge in [0.15, 0.2) is 0 Å². The van der Waals surface area contributed by atoms with E-state index in [1.54, 1.807) is 0 Å². The second-order valence-corrected chi connectivity index (χ2v) is 10.3. The summed E-state index contributed by atoms with van der Waals surface area (Å²) in [4.78, 5) is 0. The van der Waals surface area contributed by atoms with Crippen LogP contribution in [0.3, 0.4) is 0 Å². The molecule has 15 heavy (non-hydrogen) atoms. The minimum atomic E-state index is 0.652. The summed E-state index contributed by atoms with van der Waals surface area (Å²) >= 11 is 4.36. The second kappa shape index (κ2) is 6.14. The fourth-order valence-electron chi connectivity index (χ4n) is 2.79. The van der Waals surface area contributed by atoms with Crippen LogP contribution in [-0.2, 0) is 0 Å². The maximum atomic E-state index is 3.74. The molecule has 2 atom stereocenters. The molecule has 2 aliphatic rings. The van der Waals surface area contributed by atoms with Gasteiger partial charge >= 0.3 is 0 Å². The Bertz CT molecular complexity index is 187. The minimum absolute atomic E-state index is 0.652. The van der Waals surface area contributed by atoms with E-state index in [0.717, 1.165) is 24.9 Å². The average molecular weight is 263 g/mol. The molecule has 2 rings (SSSR count). The summed E-state index contributed by atoms with van der Waals surface area (Å²) in [6, 6.07) is 1.45. The molecule has 0 aromatic rings. The Balaban J connectivity index is 1.89. The van der Waals surface area contributed by atoms with Gasteiger partial charge in [0.2, 0.25) is 0 Å². The molecule has 4 heteroatoms. The van der Waals surface area contributed by atoms with Crippen molar-refractivity contribution >= 4 is 29.7 Å². The van der Waals surface area contributed by atoms with Crippen LogP contribution in [0.2, 0.25) is 0 Å². The first-order chi connectivity index (χ1) is 7.24. The van der Waals surface area contributed by atoms with Gasteiger partial charge in [-0.15, -0.1) is 22.8 Å². The van der Waals surface area contributed by atoms with Crippen LogP contribution in [0.4, 0.5) is 0 Å². The molecule has 1 aliphatic heterocycles. The predicted molar refractivity (Wildman–Crippen MR) is 76.1 cm³/mol. The lowest BCUT2D eigenvalue weighted by Crippen LogP contribution is -2.42. The van der Waals surface area contributed by atoms with Crippen LogP contribution in [0.1, 0.15) is 33.1 Å². The van der Waals surface area contributed by atoms with Gasteiger partial charge in [-0.1, -0.05) is 13.8 Å². The molecule has 1 nitrogen and oxygen atoms in total. The predicted octanol–water partition coefficient (Wildman–Crippen LogP) is 3.76. The smallest absolute Gasteiger partial charge is 0.00752 e. The normalized spacial score (nSPS) is 39.0. The van der Waals surface area contributed by atoms with E-state index in [4.69, 9.17) is 0 Å². The van der Waals surface area contributed by atoms with E-state index in [1.807, 2.05) is 0 Å². The minimum Gasteiger partial charge on any atom is -0.312 e. The summed E-state index contributed by atoms with van der Waals surface area (Å²) in [6.07, 6.45) is 4.36. The van der Waals surface area contributed by atoms with E-state index < -0.39 is 0 Å². The highest BCUT2D eigenvalue weighted by molar-refractivity contribution is 8.82. The first-order valence-corrected chi connectivity index (χ1v) is 10.4. The van der Waals surface area contributed by atoms with Gasteiger partial charge in [0.25, 0.3) is 0 Å². The molecule has 2 unspecified atom stereocenters. The zero-order chi connectivity index (χ0) is 10.7. The van der Waals surface area contributed by atoms with Gasteiger partial charge in [0, 0.05) is 23.6 Å². The first-order valence-electron chi connectivity index (χ1n) is 5.98. The largest absolute Gasteiger partial charge is 0.312 e. The van der Waals surface area contributed by atoms with Gasteiger partial charge in [-0.3, -0.25) is 0 Å². The quantitative estimate of drug-likeness (QED) is 0.762. The second-order valence-electron chi connectivity index (χ2n) is 5.16. The summed E-state index contributed by atoms with van der Waals surface area (Å²) in [5, 5.41) is 3.74. The van der Waals surface area contributed by atoms with Gasteiger partial charge in [-0.25, -0.2) is 0 Å². The molecule has 0 amide bonds. The van der Waals surface area contributed by atoms with Crippen molar-refractivity contribution in [3.8, 4) is 0 Å². The lowest BCUT2D eigenvalue weighted by atomic mass is 9.80. The van der Waals surface area contributed by atoms with Gasteiger partial charge < -0.3 is 5.32 Å². The Labute approximate surface area is 104 Å². The lowest BCUT2D eigenvalue weighted by molar-refractivity contribution is 0.236. The molecule has 1 heterocycles. The molecule has 88 valence electrons. The summed E-state index contributed by atoms with van der Waals surface area (Å²) in [6.45, 7) is 5.65. The van der Waals surface area contributed by atoms with Crippen molar-refractivity contribution in [1.29, 1.82) is 0 Å². The Morgan fingerprint density at radius 1 is 1.07 bits per heavy atom. The van der Waals surface area contributed by atoms with E-state index in [9.17, 15) is 0 Å². The fraction of sp³-hybridized carbons (Fsp3) is 1.00. The maximum Gasteiger partial charge on any atom is 0.00752 e. The molecule has 1 aliphatic carbocycles. The van der Waals surface area contributed by atoms with Crippen molar-refractivity contribution in [3.05, 3.63) is 0 Å². The van der Waals surface area contributed by atoms with Gasteiger partial charge in [-0.2, -0.15) is 0 Å².